The van der Waals surface area contributed by atoms with Gasteiger partial charge in [0.2, 0.25) is 0 Å². The standard InChI is InChI=1S/C28H34N4O4/c1-19(23-11-13-24(14-12-23)28(34)36-4)29-26(33)25-20(2)30-32-16-15-31(27(25)32)18-22-9-7-21(8-10-22)6-5-17-35-3/h7-14,19H,5-6,15-18H2,1-4H3,(H,29,33)/t19-/m0/s1. The first kappa shape index (κ1) is 25.4. The number of methoxy groups -OCH3 is 2. The van der Waals surface area contributed by atoms with Crippen molar-refractivity contribution in [1.82, 2.24) is 15.1 Å². The van der Waals surface area contributed by atoms with E-state index in [1.54, 1.807) is 19.2 Å². The zero-order valence-electron chi connectivity index (χ0n) is 21.4. The van der Waals surface area contributed by atoms with Gasteiger partial charge in [-0.25, -0.2) is 9.48 Å². The number of ether oxygens (including phenoxy) is 2. The van der Waals surface area contributed by atoms with Crippen molar-refractivity contribution >= 4 is 17.7 Å². The van der Waals surface area contributed by atoms with Gasteiger partial charge in [0.1, 0.15) is 11.4 Å². The van der Waals surface area contributed by atoms with Gasteiger partial charge in [-0.1, -0.05) is 36.4 Å². The molecule has 1 atom stereocenters. The highest BCUT2D eigenvalue weighted by Gasteiger charge is 2.30. The fourth-order valence-electron chi connectivity index (χ4n) is 4.62. The van der Waals surface area contributed by atoms with Gasteiger partial charge in [0, 0.05) is 26.8 Å². The average molecular weight is 491 g/mol. The van der Waals surface area contributed by atoms with E-state index in [4.69, 9.17) is 9.47 Å². The molecule has 0 radical (unpaired) electrons. The minimum atomic E-state index is -0.384. The lowest BCUT2D eigenvalue weighted by atomic mass is 10.1. The zero-order chi connectivity index (χ0) is 25.7. The summed E-state index contributed by atoms with van der Waals surface area (Å²) in [5.41, 5.74) is 5.20. The maximum atomic E-state index is 13.4. The predicted octanol–water partition coefficient (Wildman–Crippen LogP) is 4.07. The molecule has 0 saturated heterocycles. The van der Waals surface area contributed by atoms with E-state index in [2.05, 4.69) is 39.6 Å². The van der Waals surface area contributed by atoms with Gasteiger partial charge in [-0.15, -0.1) is 0 Å². The number of hydrogen-bond acceptors (Lipinski definition) is 6. The van der Waals surface area contributed by atoms with Crippen molar-refractivity contribution < 1.29 is 19.1 Å². The second-order valence-corrected chi connectivity index (χ2v) is 9.15. The second-order valence-electron chi connectivity index (χ2n) is 9.15. The topological polar surface area (TPSA) is 85.7 Å². The Morgan fingerprint density at radius 1 is 1.03 bits per heavy atom. The van der Waals surface area contributed by atoms with Gasteiger partial charge in [-0.05, 0) is 55.5 Å². The molecule has 1 aromatic heterocycles. The SMILES string of the molecule is COCCCc1ccc(CN2CCn3nc(C)c(C(=O)N[C@@H](C)c4ccc(C(=O)OC)cc4)c32)cc1. The molecule has 8 nitrogen and oxygen atoms in total. The third-order valence-electron chi connectivity index (χ3n) is 6.60. The molecule has 0 unspecified atom stereocenters. The summed E-state index contributed by atoms with van der Waals surface area (Å²) in [5.74, 6) is 0.325. The lowest BCUT2D eigenvalue weighted by Crippen LogP contribution is -2.29. The Balaban J connectivity index is 1.45. The highest BCUT2D eigenvalue weighted by molar-refractivity contribution is 6.00. The lowest BCUT2D eigenvalue weighted by Gasteiger charge is -2.20. The van der Waals surface area contributed by atoms with Crippen LogP contribution in [0.4, 0.5) is 5.82 Å². The van der Waals surface area contributed by atoms with Crippen LogP contribution in [0.25, 0.3) is 0 Å². The predicted molar refractivity (Wildman–Crippen MR) is 138 cm³/mol. The van der Waals surface area contributed by atoms with Crippen molar-refractivity contribution in [2.45, 2.75) is 45.8 Å². The van der Waals surface area contributed by atoms with Gasteiger partial charge < -0.3 is 19.7 Å². The quantitative estimate of drug-likeness (QED) is 0.341. The van der Waals surface area contributed by atoms with Crippen molar-refractivity contribution in [3.63, 3.8) is 0 Å². The lowest BCUT2D eigenvalue weighted by molar-refractivity contribution is 0.0600. The van der Waals surface area contributed by atoms with E-state index in [0.29, 0.717) is 23.4 Å². The molecule has 0 fully saturated rings. The summed E-state index contributed by atoms with van der Waals surface area (Å²) < 4.78 is 11.8. The molecule has 2 heterocycles. The molecular formula is C28H34N4O4. The number of carbonyl (C=O) groups is 2. The Labute approximate surface area is 212 Å². The first-order valence-corrected chi connectivity index (χ1v) is 12.3. The number of esters is 1. The van der Waals surface area contributed by atoms with Crippen LogP contribution in [0.15, 0.2) is 48.5 Å². The van der Waals surface area contributed by atoms with Crippen molar-refractivity contribution in [2.75, 3.05) is 32.3 Å². The molecule has 1 N–H and O–H groups in total. The Hall–Kier alpha value is -3.65. The van der Waals surface area contributed by atoms with Crippen LogP contribution in [0, 0.1) is 6.92 Å². The number of amides is 1. The molecule has 4 rings (SSSR count). The molecule has 0 bridgehead atoms. The summed E-state index contributed by atoms with van der Waals surface area (Å²) in [6.07, 6.45) is 2.00. The van der Waals surface area contributed by atoms with E-state index >= 15 is 0 Å². The van der Waals surface area contributed by atoms with E-state index in [0.717, 1.165) is 43.9 Å². The van der Waals surface area contributed by atoms with Crippen LogP contribution in [-0.4, -0.2) is 49.0 Å². The summed E-state index contributed by atoms with van der Waals surface area (Å²) in [7, 11) is 3.08. The van der Waals surface area contributed by atoms with Crippen LogP contribution in [-0.2, 0) is 29.0 Å². The van der Waals surface area contributed by atoms with E-state index in [1.165, 1.54) is 18.2 Å². The number of carbonyl (C=O) groups excluding carboxylic acids is 2. The summed E-state index contributed by atoms with van der Waals surface area (Å²) in [5, 5.41) is 7.73. The van der Waals surface area contributed by atoms with Crippen LogP contribution < -0.4 is 10.2 Å². The van der Waals surface area contributed by atoms with Gasteiger partial charge in [-0.2, -0.15) is 5.10 Å². The molecule has 0 saturated carbocycles. The molecule has 3 aromatic rings. The normalized spacial score (nSPS) is 13.4. The Bertz CT molecular complexity index is 1200. The van der Waals surface area contributed by atoms with Crippen molar-refractivity contribution in [3.05, 3.63) is 82.0 Å². The van der Waals surface area contributed by atoms with E-state index in [-0.39, 0.29) is 17.9 Å². The minimum Gasteiger partial charge on any atom is -0.465 e. The van der Waals surface area contributed by atoms with Crippen LogP contribution in [0.3, 0.4) is 0 Å². The molecule has 190 valence electrons. The maximum absolute atomic E-state index is 13.4. The highest BCUT2D eigenvalue weighted by Crippen LogP contribution is 2.30. The largest absolute Gasteiger partial charge is 0.465 e. The molecule has 0 aliphatic carbocycles. The Morgan fingerprint density at radius 2 is 1.72 bits per heavy atom. The Kier molecular flexibility index (Phi) is 8.05. The van der Waals surface area contributed by atoms with Crippen LogP contribution in [0.2, 0.25) is 0 Å². The average Bonchev–Trinajstić information content (AvgIpc) is 3.42. The number of benzene rings is 2. The minimum absolute atomic E-state index is 0.154. The van der Waals surface area contributed by atoms with E-state index < -0.39 is 0 Å². The third-order valence-corrected chi connectivity index (χ3v) is 6.60. The van der Waals surface area contributed by atoms with Gasteiger partial charge in [-0.3, -0.25) is 4.79 Å². The summed E-state index contributed by atoms with van der Waals surface area (Å²) in [4.78, 5) is 27.3. The molecule has 8 heteroatoms. The summed E-state index contributed by atoms with van der Waals surface area (Å²) in [6.45, 7) is 6.85. The smallest absolute Gasteiger partial charge is 0.337 e. The molecule has 2 aromatic carbocycles. The van der Waals surface area contributed by atoms with E-state index in [1.807, 2.05) is 30.7 Å². The Morgan fingerprint density at radius 3 is 2.39 bits per heavy atom. The zero-order valence-corrected chi connectivity index (χ0v) is 21.4. The highest BCUT2D eigenvalue weighted by atomic mass is 16.5. The first-order valence-electron chi connectivity index (χ1n) is 12.3. The number of nitrogens with zero attached hydrogens (tertiary/aromatic N) is 3. The number of anilines is 1. The summed E-state index contributed by atoms with van der Waals surface area (Å²) in [6, 6.07) is 15.5. The number of nitrogens with one attached hydrogen (secondary N) is 1. The third kappa shape index (κ3) is 5.60. The van der Waals surface area contributed by atoms with Crippen molar-refractivity contribution in [2.24, 2.45) is 0 Å². The molecule has 1 aliphatic rings. The molecular weight excluding hydrogens is 456 g/mol. The van der Waals surface area contributed by atoms with Gasteiger partial charge in [0.25, 0.3) is 5.91 Å². The number of aromatic nitrogens is 2. The number of hydrogen-bond donors (Lipinski definition) is 1. The number of fused-ring (bicyclic) bond motifs is 1. The van der Waals surface area contributed by atoms with Crippen molar-refractivity contribution in [1.29, 1.82) is 0 Å². The summed E-state index contributed by atoms with van der Waals surface area (Å²) >= 11 is 0. The van der Waals surface area contributed by atoms with Crippen LogP contribution in [0.1, 0.15) is 62.5 Å². The maximum Gasteiger partial charge on any atom is 0.337 e. The monoisotopic (exact) mass is 490 g/mol. The molecule has 0 spiro atoms. The fraction of sp³-hybridized carbons (Fsp3) is 0.393. The van der Waals surface area contributed by atoms with Crippen LogP contribution in [0.5, 0.6) is 0 Å². The number of aryl methyl sites for hydroxylation is 2. The van der Waals surface area contributed by atoms with E-state index in [9.17, 15) is 9.59 Å². The van der Waals surface area contributed by atoms with Gasteiger partial charge >= 0.3 is 5.97 Å². The van der Waals surface area contributed by atoms with Gasteiger partial charge in [0.05, 0.1) is 31.0 Å². The van der Waals surface area contributed by atoms with Crippen LogP contribution >= 0.6 is 0 Å². The van der Waals surface area contributed by atoms with Gasteiger partial charge in [0.15, 0.2) is 0 Å². The second kappa shape index (κ2) is 11.4. The molecule has 36 heavy (non-hydrogen) atoms. The first-order chi connectivity index (χ1) is 17.4. The van der Waals surface area contributed by atoms with Crippen molar-refractivity contribution in [3.8, 4) is 0 Å². The fourth-order valence-corrected chi connectivity index (χ4v) is 4.62. The number of rotatable bonds is 10. The molecule has 1 amide bonds. The molecule has 1 aliphatic heterocycles.